The Balaban J connectivity index is 2.18. The van der Waals surface area contributed by atoms with Gasteiger partial charge >= 0.3 is 0 Å². The van der Waals surface area contributed by atoms with Crippen LogP contribution >= 0.6 is 0 Å². The molecule has 4 heteroatoms. The molecule has 1 aliphatic heterocycles. The van der Waals surface area contributed by atoms with E-state index in [1.54, 1.807) is 12.1 Å². The molecule has 1 saturated heterocycles. The smallest absolute Gasteiger partial charge is 0.276 e. The van der Waals surface area contributed by atoms with Crippen LogP contribution < -0.4 is 5.73 Å². The molecule has 1 aromatic rings. The number of benzene rings is 1. The molecular weight excluding hydrogens is 234 g/mol. The van der Waals surface area contributed by atoms with Crippen molar-refractivity contribution in [1.82, 2.24) is 4.90 Å². The molecule has 1 fully saturated rings. The third-order valence-electron chi connectivity index (χ3n) is 3.78. The highest BCUT2D eigenvalue weighted by molar-refractivity contribution is 5.27. The van der Waals surface area contributed by atoms with Crippen molar-refractivity contribution >= 4 is 0 Å². The predicted molar refractivity (Wildman–Crippen MR) is 68.4 cm³/mol. The second-order valence-electron chi connectivity index (χ2n) is 5.11. The third-order valence-corrected chi connectivity index (χ3v) is 3.78. The minimum Gasteiger partial charge on any atom is -0.326 e. The van der Waals surface area contributed by atoms with Gasteiger partial charge in [-0.15, -0.1) is 0 Å². The fraction of sp³-hybridized carbons (Fsp3) is 0.571. The molecule has 2 nitrogen and oxygen atoms in total. The predicted octanol–water partition coefficient (Wildman–Crippen LogP) is 2.58. The summed E-state index contributed by atoms with van der Waals surface area (Å²) in [7, 11) is 1.98. The normalized spacial score (nSPS) is 19.1. The van der Waals surface area contributed by atoms with Gasteiger partial charge in [0.05, 0.1) is 0 Å². The van der Waals surface area contributed by atoms with Gasteiger partial charge in [-0.1, -0.05) is 18.2 Å². The summed E-state index contributed by atoms with van der Waals surface area (Å²) in [6, 6.07) is 6.50. The molecule has 0 atom stereocenters. The second kappa shape index (κ2) is 5.33. The van der Waals surface area contributed by atoms with Crippen LogP contribution in [0.2, 0.25) is 0 Å². The van der Waals surface area contributed by atoms with Crippen molar-refractivity contribution in [3.05, 3.63) is 35.4 Å². The largest absolute Gasteiger partial charge is 0.326 e. The highest BCUT2D eigenvalue weighted by atomic mass is 19.3. The summed E-state index contributed by atoms with van der Waals surface area (Å²) in [5.41, 5.74) is 6.38. The van der Waals surface area contributed by atoms with Crippen molar-refractivity contribution in [3.8, 4) is 0 Å². The molecule has 1 heterocycles. The first-order chi connectivity index (χ1) is 8.54. The van der Waals surface area contributed by atoms with Crippen molar-refractivity contribution in [2.24, 2.45) is 11.7 Å². The summed E-state index contributed by atoms with van der Waals surface area (Å²) in [6.07, 6.45) is 1.10. The fourth-order valence-electron chi connectivity index (χ4n) is 2.51. The zero-order valence-electron chi connectivity index (χ0n) is 10.7. The van der Waals surface area contributed by atoms with E-state index >= 15 is 0 Å². The summed E-state index contributed by atoms with van der Waals surface area (Å²) in [4.78, 5) is 2.10. The number of nitrogens with two attached hydrogens (primary N) is 1. The summed E-state index contributed by atoms with van der Waals surface area (Å²) in [6.45, 7) is 1.80. The minimum absolute atomic E-state index is 0.111. The maximum atomic E-state index is 14.4. The first-order valence-corrected chi connectivity index (χ1v) is 6.40. The number of rotatable bonds is 3. The van der Waals surface area contributed by atoms with E-state index in [2.05, 4.69) is 4.90 Å². The lowest BCUT2D eigenvalue weighted by molar-refractivity contribution is -0.0837. The quantitative estimate of drug-likeness (QED) is 0.898. The lowest BCUT2D eigenvalue weighted by Crippen LogP contribution is -2.37. The van der Waals surface area contributed by atoms with E-state index in [1.807, 2.05) is 7.05 Å². The van der Waals surface area contributed by atoms with Crippen LogP contribution in [0.5, 0.6) is 0 Å². The maximum Gasteiger partial charge on any atom is 0.276 e. The molecule has 2 N–H and O–H groups in total. The topological polar surface area (TPSA) is 29.3 Å². The van der Waals surface area contributed by atoms with Gasteiger partial charge in [0.25, 0.3) is 5.92 Å². The number of hydrogen-bond donors (Lipinski definition) is 1. The van der Waals surface area contributed by atoms with Crippen LogP contribution in [0.3, 0.4) is 0 Å². The highest BCUT2D eigenvalue weighted by Gasteiger charge is 2.42. The van der Waals surface area contributed by atoms with Crippen LogP contribution in [0.4, 0.5) is 8.78 Å². The molecule has 0 unspecified atom stereocenters. The molecular formula is C14H20F2N2. The van der Waals surface area contributed by atoms with Gasteiger partial charge in [0.2, 0.25) is 0 Å². The number of alkyl halides is 2. The van der Waals surface area contributed by atoms with Crippen molar-refractivity contribution in [3.63, 3.8) is 0 Å². The lowest BCUT2D eigenvalue weighted by Gasteiger charge is -2.34. The Morgan fingerprint density at radius 1 is 1.33 bits per heavy atom. The Labute approximate surface area is 107 Å². The molecule has 0 amide bonds. The first kappa shape index (κ1) is 13.4. The summed E-state index contributed by atoms with van der Waals surface area (Å²) in [5.74, 6) is -3.30. The van der Waals surface area contributed by atoms with Gasteiger partial charge in [-0.2, -0.15) is 0 Å². The van der Waals surface area contributed by atoms with Gasteiger partial charge in [0.1, 0.15) is 0 Å². The SMILES string of the molecule is CN1CCC(C(F)(F)c2cccc(CN)c2)CC1. The molecule has 1 aromatic carbocycles. The van der Waals surface area contributed by atoms with Crippen LogP contribution in [-0.4, -0.2) is 25.0 Å². The molecule has 0 radical (unpaired) electrons. The second-order valence-corrected chi connectivity index (χ2v) is 5.11. The van der Waals surface area contributed by atoms with Gasteiger partial charge in [-0.05, 0) is 44.6 Å². The highest BCUT2D eigenvalue weighted by Crippen LogP contribution is 2.41. The Kier molecular flexibility index (Phi) is 3.97. The molecule has 0 spiro atoms. The average Bonchev–Trinajstić information content (AvgIpc) is 2.39. The zero-order valence-corrected chi connectivity index (χ0v) is 10.7. The summed E-state index contributed by atoms with van der Waals surface area (Å²) < 4.78 is 28.9. The van der Waals surface area contributed by atoms with E-state index in [1.165, 1.54) is 12.1 Å². The number of hydrogen-bond acceptors (Lipinski definition) is 2. The third kappa shape index (κ3) is 2.70. The number of likely N-dealkylation sites (tertiary alicyclic amines) is 1. The van der Waals surface area contributed by atoms with Gasteiger partial charge in [0, 0.05) is 18.0 Å². The van der Waals surface area contributed by atoms with Crippen molar-refractivity contribution in [1.29, 1.82) is 0 Å². The maximum absolute atomic E-state index is 14.4. The fourth-order valence-corrected chi connectivity index (χ4v) is 2.51. The molecule has 0 bridgehead atoms. The van der Waals surface area contributed by atoms with E-state index < -0.39 is 11.8 Å². The standard InChI is InChI=1S/C14H20F2N2/c1-18-7-5-12(6-8-18)14(15,16)13-4-2-3-11(9-13)10-17/h2-4,9,12H,5-8,10,17H2,1H3. The van der Waals surface area contributed by atoms with Crippen LogP contribution in [0, 0.1) is 5.92 Å². The van der Waals surface area contributed by atoms with E-state index in [4.69, 9.17) is 5.73 Å². The Hall–Kier alpha value is -1.00. The molecule has 100 valence electrons. The molecule has 18 heavy (non-hydrogen) atoms. The van der Waals surface area contributed by atoms with Crippen molar-refractivity contribution in [2.75, 3.05) is 20.1 Å². The Bertz CT molecular complexity index is 399. The van der Waals surface area contributed by atoms with Crippen molar-refractivity contribution < 1.29 is 8.78 Å². The van der Waals surface area contributed by atoms with E-state index in [-0.39, 0.29) is 5.56 Å². The van der Waals surface area contributed by atoms with Crippen molar-refractivity contribution in [2.45, 2.75) is 25.3 Å². The van der Waals surface area contributed by atoms with Crippen LogP contribution in [-0.2, 0) is 12.5 Å². The molecule has 1 aliphatic rings. The molecule has 0 aromatic heterocycles. The zero-order chi connectivity index (χ0) is 13.2. The number of nitrogens with zero attached hydrogens (tertiary/aromatic N) is 1. The van der Waals surface area contributed by atoms with E-state index in [0.717, 1.165) is 18.7 Å². The van der Waals surface area contributed by atoms with Gasteiger partial charge < -0.3 is 10.6 Å². The molecule has 2 rings (SSSR count). The van der Waals surface area contributed by atoms with Gasteiger partial charge in [-0.3, -0.25) is 0 Å². The summed E-state index contributed by atoms with van der Waals surface area (Å²) in [5, 5.41) is 0. The van der Waals surface area contributed by atoms with Gasteiger partial charge in [0.15, 0.2) is 0 Å². The van der Waals surface area contributed by atoms with Gasteiger partial charge in [-0.25, -0.2) is 8.78 Å². The lowest BCUT2D eigenvalue weighted by atomic mass is 9.86. The van der Waals surface area contributed by atoms with Crippen LogP contribution in [0.15, 0.2) is 24.3 Å². The Morgan fingerprint density at radius 3 is 2.61 bits per heavy atom. The van der Waals surface area contributed by atoms with E-state index in [9.17, 15) is 8.78 Å². The molecule has 0 aliphatic carbocycles. The van der Waals surface area contributed by atoms with Crippen LogP contribution in [0.25, 0.3) is 0 Å². The monoisotopic (exact) mass is 254 g/mol. The van der Waals surface area contributed by atoms with Crippen LogP contribution in [0.1, 0.15) is 24.0 Å². The molecule has 0 saturated carbocycles. The average molecular weight is 254 g/mol. The first-order valence-electron chi connectivity index (χ1n) is 6.40. The summed E-state index contributed by atoms with van der Waals surface area (Å²) >= 11 is 0. The Morgan fingerprint density at radius 2 is 2.00 bits per heavy atom. The minimum atomic E-state index is -2.74. The van der Waals surface area contributed by atoms with E-state index in [0.29, 0.717) is 19.4 Å². The number of piperidine rings is 1. The number of halogens is 2.